The Labute approximate surface area is 104 Å². The van der Waals surface area contributed by atoms with Crippen LogP contribution in [0.4, 0.5) is 0 Å². The lowest BCUT2D eigenvalue weighted by Crippen LogP contribution is -2.36. The molecule has 3 rings (SSSR count). The second-order valence-electron chi connectivity index (χ2n) is 5.78. The van der Waals surface area contributed by atoms with Crippen LogP contribution < -0.4 is 5.46 Å². The number of fused-ring (bicyclic) bond motifs is 1. The van der Waals surface area contributed by atoms with E-state index in [0.717, 1.165) is 25.1 Å². The minimum Gasteiger partial charge on any atom is -0.446 e. The zero-order valence-electron chi connectivity index (χ0n) is 10.5. The first-order chi connectivity index (χ1) is 8.33. The second kappa shape index (κ2) is 4.85. The van der Waals surface area contributed by atoms with Gasteiger partial charge in [-0.2, -0.15) is 0 Å². The molecule has 0 aromatic heterocycles. The predicted octanol–water partition coefficient (Wildman–Crippen LogP) is 2.56. The van der Waals surface area contributed by atoms with Gasteiger partial charge in [-0.15, -0.1) is 0 Å². The molecule has 0 bridgehead atoms. The fourth-order valence-electron chi connectivity index (χ4n) is 3.13. The van der Waals surface area contributed by atoms with E-state index in [2.05, 4.69) is 18.2 Å². The molecule has 0 amide bonds. The standard InChI is InChI=1S/C15H21BO/c17-16-10-2-5-14-9-8-13(11-15(14)16)7-6-12-3-1-4-12/h8-9,11-12,17H,1-7,10H2. The molecule has 1 aliphatic heterocycles. The lowest BCUT2D eigenvalue weighted by atomic mass is 9.53. The molecule has 1 nitrogen and oxygen atoms in total. The van der Waals surface area contributed by atoms with Crippen LogP contribution in [0.15, 0.2) is 18.2 Å². The van der Waals surface area contributed by atoms with E-state index in [1.54, 1.807) is 0 Å². The summed E-state index contributed by atoms with van der Waals surface area (Å²) in [6.07, 6.45) is 10.1. The van der Waals surface area contributed by atoms with Crippen LogP contribution in [0.1, 0.15) is 43.2 Å². The summed E-state index contributed by atoms with van der Waals surface area (Å²) in [7, 11) is 0. The first-order valence-corrected chi connectivity index (χ1v) is 7.13. The van der Waals surface area contributed by atoms with Crippen molar-refractivity contribution in [2.45, 2.75) is 51.3 Å². The summed E-state index contributed by atoms with van der Waals surface area (Å²) in [6, 6.07) is 6.78. The molecule has 0 spiro atoms. The van der Waals surface area contributed by atoms with E-state index in [4.69, 9.17) is 0 Å². The van der Waals surface area contributed by atoms with E-state index in [9.17, 15) is 5.02 Å². The molecule has 1 heterocycles. The number of aryl methyl sites for hydroxylation is 2. The largest absolute Gasteiger partial charge is 0.446 e. The lowest BCUT2D eigenvalue weighted by Gasteiger charge is -2.25. The summed E-state index contributed by atoms with van der Waals surface area (Å²) in [6.45, 7) is -0.206. The highest BCUT2D eigenvalue weighted by Gasteiger charge is 2.23. The molecule has 90 valence electrons. The number of hydrogen-bond acceptors (Lipinski definition) is 1. The van der Waals surface area contributed by atoms with Crippen LogP contribution >= 0.6 is 0 Å². The SMILES string of the molecule is OB1CCCc2ccc(CCC3CCC3)cc21. The van der Waals surface area contributed by atoms with Crippen LogP contribution in [-0.2, 0) is 12.8 Å². The van der Waals surface area contributed by atoms with Gasteiger partial charge in [-0.1, -0.05) is 49.4 Å². The zero-order chi connectivity index (χ0) is 11.7. The summed E-state index contributed by atoms with van der Waals surface area (Å²) in [5.74, 6) is 0.982. The van der Waals surface area contributed by atoms with Crippen LogP contribution in [0.3, 0.4) is 0 Å². The molecule has 2 heteroatoms. The fraction of sp³-hybridized carbons (Fsp3) is 0.600. The third-order valence-electron chi connectivity index (χ3n) is 4.56. The molecule has 1 saturated carbocycles. The summed E-state index contributed by atoms with van der Waals surface area (Å²) < 4.78 is 0. The number of rotatable bonds is 3. The van der Waals surface area contributed by atoms with Gasteiger partial charge >= 0.3 is 6.92 Å². The zero-order valence-corrected chi connectivity index (χ0v) is 10.5. The Kier molecular flexibility index (Phi) is 3.24. The third-order valence-corrected chi connectivity index (χ3v) is 4.56. The van der Waals surface area contributed by atoms with Crippen LogP contribution in [0, 0.1) is 5.92 Å². The van der Waals surface area contributed by atoms with Crippen LogP contribution in [0.2, 0.25) is 6.32 Å². The molecule has 1 aromatic rings. The first kappa shape index (κ1) is 11.3. The maximum atomic E-state index is 10.0. The molecule has 17 heavy (non-hydrogen) atoms. The van der Waals surface area contributed by atoms with Gasteiger partial charge in [0.15, 0.2) is 0 Å². The highest BCUT2D eigenvalue weighted by molar-refractivity contribution is 6.67. The Morgan fingerprint density at radius 2 is 2.12 bits per heavy atom. The van der Waals surface area contributed by atoms with Gasteiger partial charge in [0.25, 0.3) is 0 Å². The van der Waals surface area contributed by atoms with Gasteiger partial charge in [-0.3, -0.25) is 0 Å². The summed E-state index contributed by atoms with van der Waals surface area (Å²) in [5, 5.41) is 10.0. The van der Waals surface area contributed by atoms with E-state index in [-0.39, 0.29) is 6.92 Å². The van der Waals surface area contributed by atoms with Crippen LogP contribution in [0.25, 0.3) is 0 Å². The average molecular weight is 228 g/mol. The Bertz CT molecular complexity index is 398. The van der Waals surface area contributed by atoms with Gasteiger partial charge in [-0.25, -0.2) is 0 Å². The number of hydrogen-bond donors (Lipinski definition) is 1. The average Bonchev–Trinajstić information content (AvgIpc) is 2.28. The Balaban J connectivity index is 1.70. The molecule has 0 atom stereocenters. The van der Waals surface area contributed by atoms with Gasteiger partial charge < -0.3 is 5.02 Å². The van der Waals surface area contributed by atoms with Gasteiger partial charge in [0.05, 0.1) is 0 Å². The Morgan fingerprint density at radius 1 is 1.24 bits per heavy atom. The van der Waals surface area contributed by atoms with Crippen molar-refractivity contribution < 1.29 is 5.02 Å². The molecular formula is C15H21BO. The topological polar surface area (TPSA) is 20.2 Å². The van der Waals surface area contributed by atoms with Crippen molar-refractivity contribution in [2.24, 2.45) is 5.92 Å². The van der Waals surface area contributed by atoms with E-state index in [1.807, 2.05) is 0 Å². The summed E-state index contributed by atoms with van der Waals surface area (Å²) >= 11 is 0. The van der Waals surface area contributed by atoms with Gasteiger partial charge in [-0.05, 0) is 42.5 Å². The smallest absolute Gasteiger partial charge is 0.323 e. The summed E-state index contributed by atoms with van der Waals surface area (Å²) in [4.78, 5) is 0. The second-order valence-corrected chi connectivity index (χ2v) is 5.78. The first-order valence-electron chi connectivity index (χ1n) is 7.13. The molecule has 2 aliphatic rings. The molecule has 1 aromatic carbocycles. The molecule has 1 aliphatic carbocycles. The van der Waals surface area contributed by atoms with Crippen molar-refractivity contribution >= 4 is 12.4 Å². The highest BCUT2D eigenvalue weighted by Crippen LogP contribution is 2.30. The van der Waals surface area contributed by atoms with Crippen molar-refractivity contribution in [3.8, 4) is 0 Å². The van der Waals surface area contributed by atoms with E-state index in [1.165, 1.54) is 48.7 Å². The Hall–Kier alpha value is -0.755. The molecule has 1 fully saturated rings. The van der Waals surface area contributed by atoms with E-state index < -0.39 is 0 Å². The van der Waals surface area contributed by atoms with Gasteiger partial charge in [0.2, 0.25) is 0 Å². The molecule has 0 radical (unpaired) electrons. The van der Waals surface area contributed by atoms with E-state index >= 15 is 0 Å². The predicted molar refractivity (Wildman–Crippen MR) is 72.8 cm³/mol. The van der Waals surface area contributed by atoms with Crippen LogP contribution in [0.5, 0.6) is 0 Å². The molecule has 0 saturated heterocycles. The normalized spacial score (nSPS) is 19.9. The third kappa shape index (κ3) is 2.42. The van der Waals surface area contributed by atoms with Crippen molar-refractivity contribution in [2.75, 3.05) is 0 Å². The number of benzene rings is 1. The van der Waals surface area contributed by atoms with Gasteiger partial charge in [0.1, 0.15) is 0 Å². The maximum absolute atomic E-state index is 10.0. The quantitative estimate of drug-likeness (QED) is 0.788. The van der Waals surface area contributed by atoms with Crippen molar-refractivity contribution in [1.82, 2.24) is 0 Å². The minimum atomic E-state index is -0.206. The molecule has 0 unspecified atom stereocenters. The van der Waals surface area contributed by atoms with E-state index in [0.29, 0.717) is 0 Å². The van der Waals surface area contributed by atoms with Gasteiger partial charge in [0, 0.05) is 0 Å². The van der Waals surface area contributed by atoms with Crippen molar-refractivity contribution in [3.05, 3.63) is 29.3 Å². The lowest BCUT2D eigenvalue weighted by molar-refractivity contribution is 0.296. The maximum Gasteiger partial charge on any atom is 0.323 e. The minimum absolute atomic E-state index is 0.206. The monoisotopic (exact) mass is 228 g/mol. The van der Waals surface area contributed by atoms with Crippen LogP contribution in [-0.4, -0.2) is 11.9 Å². The highest BCUT2D eigenvalue weighted by atomic mass is 16.2. The molecule has 1 N–H and O–H groups in total. The fourth-order valence-corrected chi connectivity index (χ4v) is 3.13. The van der Waals surface area contributed by atoms with Crippen molar-refractivity contribution in [3.63, 3.8) is 0 Å². The Morgan fingerprint density at radius 3 is 2.88 bits per heavy atom. The van der Waals surface area contributed by atoms with Crippen molar-refractivity contribution in [1.29, 1.82) is 0 Å². The molecular weight excluding hydrogens is 207 g/mol. The summed E-state index contributed by atoms with van der Waals surface area (Å²) in [5.41, 5.74) is 4.01.